The van der Waals surface area contributed by atoms with Crippen LogP contribution in [-0.2, 0) is 24.3 Å². The van der Waals surface area contributed by atoms with Crippen LogP contribution in [0.5, 0.6) is 0 Å². The Morgan fingerprint density at radius 1 is 1.22 bits per heavy atom. The first-order valence-electron chi connectivity index (χ1n) is 9.75. The zero-order valence-corrected chi connectivity index (χ0v) is 18.4. The van der Waals surface area contributed by atoms with E-state index in [1.54, 1.807) is 30.3 Å². The van der Waals surface area contributed by atoms with Gasteiger partial charge in [0, 0.05) is 26.2 Å². The number of morpholine rings is 1. The number of carboxylic acids is 1. The van der Waals surface area contributed by atoms with Crippen LogP contribution in [0.3, 0.4) is 0 Å². The number of halogens is 3. The number of benzene rings is 1. The molecule has 1 aromatic rings. The lowest BCUT2D eigenvalue weighted by Crippen LogP contribution is -2.48. The van der Waals surface area contributed by atoms with Gasteiger partial charge in [0.05, 0.1) is 23.0 Å². The number of rotatable bonds is 6. The van der Waals surface area contributed by atoms with Gasteiger partial charge < -0.3 is 20.1 Å². The summed E-state index contributed by atoms with van der Waals surface area (Å²) in [5.41, 5.74) is 0. The van der Waals surface area contributed by atoms with Crippen LogP contribution in [0.2, 0.25) is 0 Å². The molecule has 2 fully saturated rings. The van der Waals surface area contributed by atoms with Crippen LogP contribution in [0.15, 0.2) is 35.2 Å². The van der Waals surface area contributed by atoms with Gasteiger partial charge in [0.2, 0.25) is 15.9 Å². The van der Waals surface area contributed by atoms with Crippen molar-refractivity contribution in [2.75, 3.05) is 40.3 Å². The van der Waals surface area contributed by atoms with Crippen LogP contribution in [-0.4, -0.2) is 93.3 Å². The number of alkyl halides is 3. The van der Waals surface area contributed by atoms with Crippen LogP contribution in [0, 0.1) is 5.92 Å². The number of hydrogen-bond donors (Lipinski definition) is 2. The molecule has 2 heterocycles. The van der Waals surface area contributed by atoms with Crippen LogP contribution in [0.4, 0.5) is 13.2 Å². The molecule has 0 spiro atoms. The van der Waals surface area contributed by atoms with Crippen molar-refractivity contribution in [3.63, 3.8) is 0 Å². The molecule has 2 saturated heterocycles. The van der Waals surface area contributed by atoms with Gasteiger partial charge in [-0.05, 0) is 32.6 Å². The van der Waals surface area contributed by atoms with Crippen LogP contribution in [0.25, 0.3) is 0 Å². The fraction of sp³-hybridized carbons (Fsp3) is 0.579. The zero-order valence-electron chi connectivity index (χ0n) is 17.6. The van der Waals surface area contributed by atoms with E-state index < -0.39 is 22.2 Å². The molecule has 2 bridgehead atoms. The van der Waals surface area contributed by atoms with E-state index in [0.717, 1.165) is 6.54 Å². The van der Waals surface area contributed by atoms with Crippen molar-refractivity contribution in [2.24, 2.45) is 5.92 Å². The molecule has 32 heavy (non-hydrogen) atoms. The first-order valence-corrected chi connectivity index (χ1v) is 11.2. The fourth-order valence-electron chi connectivity index (χ4n) is 3.37. The third kappa shape index (κ3) is 6.89. The van der Waals surface area contributed by atoms with Crippen LogP contribution >= 0.6 is 0 Å². The van der Waals surface area contributed by atoms with Gasteiger partial charge in [0.15, 0.2) is 0 Å². The number of carbonyl (C=O) groups is 2. The summed E-state index contributed by atoms with van der Waals surface area (Å²) in [6.45, 7) is 1.86. The number of nitrogens with one attached hydrogen (secondary N) is 1. The summed E-state index contributed by atoms with van der Waals surface area (Å²) in [6, 6.07) is 8.40. The lowest BCUT2D eigenvalue weighted by molar-refractivity contribution is -0.192. The third-order valence-corrected chi connectivity index (χ3v) is 6.79. The summed E-state index contributed by atoms with van der Waals surface area (Å²) in [4.78, 5) is 23.6. The smallest absolute Gasteiger partial charge is 0.475 e. The molecule has 0 saturated carbocycles. The summed E-state index contributed by atoms with van der Waals surface area (Å²) in [7, 11) is 0.347. The molecule has 1 aromatic carbocycles. The number of ether oxygens (including phenoxy) is 1. The number of fused-ring (bicyclic) bond motifs is 2. The monoisotopic (exact) mass is 481 g/mol. The van der Waals surface area contributed by atoms with Gasteiger partial charge in [0.1, 0.15) is 0 Å². The van der Waals surface area contributed by atoms with Gasteiger partial charge in [-0.1, -0.05) is 18.2 Å². The Kier molecular flexibility index (Phi) is 8.62. The minimum absolute atomic E-state index is 0.0479. The van der Waals surface area contributed by atoms with Gasteiger partial charge in [-0.3, -0.25) is 4.79 Å². The first-order chi connectivity index (χ1) is 14.8. The van der Waals surface area contributed by atoms with Crippen molar-refractivity contribution in [3.8, 4) is 0 Å². The molecule has 0 aliphatic carbocycles. The molecule has 0 radical (unpaired) electrons. The van der Waals surface area contributed by atoms with Gasteiger partial charge in [-0.25, -0.2) is 13.2 Å². The fourth-order valence-corrected chi connectivity index (χ4v) is 4.88. The average Bonchev–Trinajstić information content (AvgIpc) is 3.01. The molecule has 1 amide bonds. The molecule has 0 aromatic heterocycles. The number of carbonyl (C=O) groups excluding carboxylic acids is 1. The van der Waals surface area contributed by atoms with E-state index in [9.17, 15) is 26.4 Å². The maximum absolute atomic E-state index is 12.8. The number of sulfonamides is 1. The second kappa shape index (κ2) is 10.6. The summed E-state index contributed by atoms with van der Waals surface area (Å²) in [6.07, 6.45) is -5.11. The third-order valence-electron chi connectivity index (χ3n) is 4.94. The van der Waals surface area contributed by atoms with E-state index in [4.69, 9.17) is 14.6 Å². The van der Waals surface area contributed by atoms with Crippen molar-refractivity contribution < 1.29 is 41.0 Å². The number of nitrogens with zero attached hydrogens (tertiary/aromatic N) is 2. The predicted octanol–water partition coefficient (Wildman–Crippen LogP) is 0.776. The number of likely N-dealkylation sites (N-methyl/N-ethyl adjacent to an activating group) is 1. The van der Waals surface area contributed by atoms with Crippen molar-refractivity contribution >= 4 is 21.9 Å². The molecule has 2 aliphatic rings. The van der Waals surface area contributed by atoms with Crippen LogP contribution in [0.1, 0.15) is 6.42 Å². The Labute approximate surface area is 184 Å². The highest BCUT2D eigenvalue weighted by Gasteiger charge is 2.47. The average molecular weight is 481 g/mol. The largest absolute Gasteiger partial charge is 0.490 e. The minimum atomic E-state index is -5.08. The second-order valence-electron chi connectivity index (χ2n) is 7.67. The quantitative estimate of drug-likeness (QED) is 0.617. The minimum Gasteiger partial charge on any atom is -0.475 e. The first kappa shape index (κ1) is 26.0. The molecule has 2 aliphatic heterocycles. The van der Waals surface area contributed by atoms with Crippen LogP contribution < -0.4 is 5.32 Å². The highest BCUT2D eigenvalue weighted by atomic mass is 32.2. The van der Waals surface area contributed by atoms with Crippen molar-refractivity contribution in [3.05, 3.63) is 30.3 Å². The lowest BCUT2D eigenvalue weighted by atomic mass is 9.99. The Balaban J connectivity index is 0.000000451. The molecule has 180 valence electrons. The summed E-state index contributed by atoms with van der Waals surface area (Å²) in [5.74, 6) is -3.09. The SMILES string of the molecule is CN(C)CCNC(=O)[C@H]1C[C@@H]2CN(S(=O)(=O)c3ccccc3)C[C@H]1O2.O=C(O)C(F)(F)F. The molecular weight excluding hydrogens is 455 g/mol. The van der Waals surface area contributed by atoms with Crippen molar-refractivity contribution in [1.29, 1.82) is 0 Å². The van der Waals surface area contributed by atoms with Gasteiger partial charge in [-0.15, -0.1) is 0 Å². The van der Waals surface area contributed by atoms with Gasteiger partial charge in [0.25, 0.3) is 0 Å². The normalized spacial score (nSPS) is 23.4. The maximum Gasteiger partial charge on any atom is 0.490 e. The Bertz CT molecular complexity index is 895. The molecule has 3 atom stereocenters. The topological polar surface area (TPSA) is 116 Å². The summed E-state index contributed by atoms with van der Waals surface area (Å²) < 4.78 is 64.6. The maximum atomic E-state index is 12.8. The van der Waals surface area contributed by atoms with E-state index in [2.05, 4.69) is 5.32 Å². The predicted molar refractivity (Wildman–Crippen MR) is 107 cm³/mol. The second-order valence-corrected chi connectivity index (χ2v) is 9.61. The molecule has 0 unspecified atom stereocenters. The molecule has 2 N–H and O–H groups in total. The highest BCUT2D eigenvalue weighted by Crippen LogP contribution is 2.34. The standard InChI is InChI=1S/C17H25N3O4S.C2HF3O2/c1-19(2)9-8-18-17(21)15-10-13-11-20(12-16(15)24-13)25(22,23)14-6-4-3-5-7-14;3-2(4,5)1(6)7/h3-7,13,15-16H,8-12H2,1-2H3,(H,18,21);(H,6,7)/t13-,15+,16-;/m1./s1. The Morgan fingerprint density at radius 3 is 2.34 bits per heavy atom. The van der Waals surface area contributed by atoms with Gasteiger partial charge in [-0.2, -0.15) is 17.5 Å². The van der Waals surface area contributed by atoms with Crippen molar-refractivity contribution in [1.82, 2.24) is 14.5 Å². The molecular formula is C19H26F3N3O6S. The number of aliphatic carboxylic acids is 1. The van der Waals surface area contributed by atoms with E-state index in [0.29, 0.717) is 19.5 Å². The molecule has 13 heteroatoms. The molecule has 3 rings (SSSR count). The van der Waals surface area contributed by atoms with E-state index in [1.165, 1.54) is 4.31 Å². The highest BCUT2D eigenvalue weighted by molar-refractivity contribution is 7.89. The molecule has 9 nitrogen and oxygen atoms in total. The Morgan fingerprint density at radius 2 is 1.81 bits per heavy atom. The summed E-state index contributed by atoms with van der Waals surface area (Å²) >= 11 is 0. The van der Waals surface area contributed by atoms with E-state index in [1.807, 2.05) is 19.0 Å². The lowest BCUT2D eigenvalue weighted by Gasteiger charge is -2.32. The zero-order chi connectivity index (χ0) is 24.1. The van der Waals surface area contributed by atoms with E-state index in [-0.39, 0.29) is 35.5 Å². The van der Waals surface area contributed by atoms with E-state index >= 15 is 0 Å². The van der Waals surface area contributed by atoms with Crippen molar-refractivity contribution in [2.45, 2.75) is 29.7 Å². The Hall–Kier alpha value is -2.22. The number of carboxylic acid groups (broad SMARTS) is 1. The number of amides is 1. The van der Waals surface area contributed by atoms with Gasteiger partial charge >= 0.3 is 12.1 Å². The summed E-state index contributed by atoms with van der Waals surface area (Å²) in [5, 5.41) is 10.1. The number of hydrogen-bond acceptors (Lipinski definition) is 6.